The Hall–Kier alpha value is -2.05. The Morgan fingerprint density at radius 1 is 1.10 bits per heavy atom. The van der Waals surface area contributed by atoms with Crippen molar-refractivity contribution in [3.05, 3.63) is 33.9 Å². The average Bonchev–Trinajstić information content (AvgIpc) is 2.70. The molecule has 0 fully saturated rings. The second kappa shape index (κ2) is 4.50. The molecule has 3 aromatic rings. The maximum absolute atomic E-state index is 6.03. The summed E-state index contributed by atoms with van der Waals surface area (Å²) in [7, 11) is 0. The number of nitrogens with zero attached hydrogens (tertiary/aromatic N) is 4. The van der Waals surface area contributed by atoms with Gasteiger partial charge in [-0.25, -0.2) is 4.68 Å². The van der Waals surface area contributed by atoms with E-state index in [4.69, 9.17) is 34.7 Å². The van der Waals surface area contributed by atoms with Crippen molar-refractivity contribution in [3.63, 3.8) is 0 Å². The SMILES string of the molecule is Cc1nn(-c2ccc(Cl)c(Cl)c2)c2nc(N)nc(N)c12. The second-order valence-electron chi connectivity index (χ2n) is 4.26. The zero-order valence-corrected chi connectivity index (χ0v) is 11.9. The predicted molar refractivity (Wildman–Crippen MR) is 80.2 cm³/mol. The van der Waals surface area contributed by atoms with Crippen LogP contribution >= 0.6 is 23.2 Å². The molecule has 20 heavy (non-hydrogen) atoms. The highest BCUT2D eigenvalue weighted by molar-refractivity contribution is 6.42. The fourth-order valence-corrected chi connectivity index (χ4v) is 2.32. The number of rotatable bonds is 1. The van der Waals surface area contributed by atoms with E-state index in [2.05, 4.69) is 15.1 Å². The largest absolute Gasteiger partial charge is 0.383 e. The number of aryl methyl sites for hydroxylation is 1. The van der Waals surface area contributed by atoms with Crippen LogP contribution in [-0.4, -0.2) is 19.7 Å². The minimum atomic E-state index is 0.0937. The van der Waals surface area contributed by atoms with E-state index < -0.39 is 0 Å². The molecule has 102 valence electrons. The van der Waals surface area contributed by atoms with Crippen LogP contribution in [0, 0.1) is 6.92 Å². The molecule has 0 aliphatic rings. The molecule has 0 saturated carbocycles. The molecular formula is C12H10Cl2N6. The van der Waals surface area contributed by atoms with Gasteiger partial charge in [0.15, 0.2) is 5.65 Å². The summed E-state index contributed by atoms with van der Waals surface area (Å²) < 4.78 is 1.61. The van der Waals surface area contributed by atoms with Gasteiger partial charge in [-0.05, 0) is 25.1 Å². The Bertz CT molecular complexity index is 826. The van der Waals surface area contributed by atoms with Gasteiger partial charge in [0.1, 0.15) is 5.82 Å². The highest BCUT2D eigenvalue weighted by Crippen LogP contribution is 2.28. The quantitative estimate of drug-likeness (QED) is 0.720. The van der Waals surface area contributed by atoms with Crippen molar-refractivity contribution in [2.45, 2.75) is 6.92 Å². The minimum Gasteiger partial charge on any atom is -0.383 e. The van der Waals surface area contributed by atoms with Gasteiger partial charge < -0.3 is 11.5 Å². The van der Waals surface area contributed by atoms with E-state index in [-0.39, 0.29) is 5.95 Å². The standard InChI is InChI=1S/C12H10Cl2N6/c1-5-9-10(15)17-12(16)18-11(9)20(19-5)6-2-3-7(13)8(14)4-6/h2-4H,1H3,(H4,15,16,17,18). The molecule has 0 atom stereocenters. The maximum Gasteiger partial charge on any atom is 0.224 e. The van der Waals surface area contributed by atoms with Crippen molar-refractivity contribution in [2.24, 2.45) is 0 Å². The Morgan fingerprint density at radius 2 is 1.85 bits per heavy atom. The van der Waals surface area contributed by atoms with Gasteiger partial charge in [-0.2, -0.15) is 15.1 Å². The summed E-state index contributed by atoms with van der Waals surface area (Å²) in [5.41, 5.74) is 13.5. The smallest absolute Gasteiger partial charge is 0.224 e. The van der Waals surface area contributed by atoms with Gasteiger partial charge in [-0.3, -0.25) is 0 Å². The lowest BCUT2D eigenvalue weighted by atomic mass is 10.3. The average molecular weight is 309 g/mol. The van der Waals surface area contributed by atoms with Gasteiger partial charge in [0, 0.05) is 0 Å². The summed E-state index contributed by atoms with van der Waals surface area (Å²) in [4.78, 5) is 8.14. The third kappa shape index (κ3) is 1.93. The molecule has 0 spiro atoms. The van der Waals surface area contributed by atoms with Crippen LogP contribution in [0.3, 0.4) is 0 Å². The number of nitrogens with two attached hydrogens (primary N) is 2. The normalized spacial score (nSPS) is 11.2. The molecular weight excluding hydrogens is 299 g/mol. The lowest BCUT2D eigenvalue weighted by molar-refractivity contribution is 0.877. The molecule has 8 heteroatoms. The number of benzene rings is 1. The van der Waals surface area contributed by atoms with Crippen molar-refractivity contribution < 1.29 is 0 Å². The summed E-state index contributed by atoms with van der Waals surface area (Å²) >= 11 is 11.9. The number of fused-ring (bicyclic) bond motifs is 1. The van der Waals surface area contributed by atoms with Crippen LogP contribution in [0.25, 0.3) is 16.7 Å². The van der Waals surface area contributed by atoms with Crippen LogP contribution < -0.4 is 11.5 Å². The van der Waals surface area contributed by atoms with Gasteiger partial charge >= 0.3 is 0 Å². The first-order valence-corrected chi connectivity index (χ1v) is 6.46. The maximum atomic E-state index is 6.03. The predicted octanol–water partition coefficient (Wildman–Crippen LogP) is 2.60. The molecule has 0 saturated heterocycles. The highest BCUT2D eigenvalue weighted by atomic mass is 35.5. The molecule has 0 aliphatic heterocycles. The highest BCUT2D eigenvalue weighted by Gasteiger charge is 2.15. The Labute approximate surface area is 124 Å². The summed E-state index contributed by atoms with van der Waals surface area (Å²) in [6.45, 7) is 1.83. The van der Waals surface area contributed by atoms with Crippen molar-refractivity contribution in [3.8, 4) is 5.69 Å². The fourth-order valence-electron chi connectivity index (χ4n) is 2.03. The van der Waals surface area contributed by atoms with Crippen LogP contribution in [0.4, 0.5) is 11.8 Å². The van der Waals surface area contributed by atoms with Crippen LogP contribution in [0.1, 0.15) is 5.69 Å². The molecule has 0 unspecified atom stereocenters. The molecule has 2 aromatic heterocycles. The Kier molecular flexibility index (Phi) is 2.92. The molecule has 2 heterocycles. The van der Waals surface area contributed by atoms with E-state index in [1.165, 1.54) is 0 Å². The summed E-state index contributed by atoms with van der Waals surface area (Å²) in [6.07, 6.45) is 0. The van der Waals surface area contributed by atoms with Crippen molar-refractivity contribution >= 4 is 46.0 Å². The van der Waals surface area contributed by atoms with Gasteiger partial charge in [-0.1, -0.05) is 23.2 Å². The zero-order valence-electron chi connectivity index (χ0n) is 10.4. The summed E-state index contributed by atoms with van der Waals surface area (Å²) in [5, 5.41) is 5.98. The molecule has 0 aliphatic carbocycles. The minimum absolute atomic E-state index is 0.0937. The first kappa shape index (κ1) is 13.0. The fraction of sp³-hybridized carbons (Fsp3) is 0.0833. The molecule has 1 aromatic carbocycles. The van der Waals surface area contributed by atoms with Crippen molar-refractivity contribution in [1.29, 1.82) is 0 Å². The summed E-state index contributed by atoms with van der Waals surface area (Å²) in [5.74, 6) is 0.396. The van der Waals surface area contributed by atoms with E-state index in [0.717, 1.165) is 5.69 Å². The van der Waals surface area contributed by atoms with Gasteiger partial charge in [0.2, 0.25) is 5.95 Å². The van der Waals surface area contributed by atoms with Crippen LogP contribution in [0.15, 0.2) is 18.2 Å². The lowest BCUT2D eigenvalue weighted by Crippen LogP contribution is -2.03. The van der Waals surface area contributed by atoms with E-state index in [1.807, 2.05) is 6.92 Å². The van der Waals surface area contributed by atoms with Crippen molar-refractivity contribution in [2.75, 3.05) is 11.5 Å². The number of aromatic nitrogens is 4. The van der Waals surface area contributed by atoms with E-state index in [9.17, 15) is 0 Å². The van der Waals surface area contributed by atoms with Gasteiger partial charge in [-0.15, -0.1) is 0 Å². The number of nitrogen functional groups attached to an aromatic ring is 2. The Balaban J connectivity index is 2.34. The topological polar surface area (TPSA) is 95.6 Å². The molecule has 4 N–H and O–H groups in total. The number of anilines is 2. The molecule has 3 rings (SSSR count). The monoisotopic (exact) mass is 308 g/mol. The second-order valence-corrected chi connectivity index (χ2v) is 5.08. The molecule has 0 radical (unpaired) electrons. The third-order valence-electron chi connectivity index (χ3n) is 2.90. The molecule has 0 amide bonds. The van der Waals surface area contributed by atoms with E-state index in [1.54, 1.807) is 22.9 Å². The summed E-state index contributed by atoms with van der Waals surface area (Å²) in [6, 6.07) is 5.18. The number of halogens is 2. The van der Waals surface area contributed by atoms with E-state index in [0.29, 0.717) is 32.6 Å². The van der Waals surface area contributed by atoms with Gasteiger partial charge in [0.25, 0.3) is 0 Å². The van der Waals surface area contributed by atoms with Crippen LogP contribution in [-0.2, 0) is 0 Å². The first-order valence-electron chi connectivity index (χ1n) is 5.71. The first-order chi connectivity index (χ1) is 9.47. The van der Waals surface area contributed by atoms with Crippen LogP contribution in [0.2, 0.25) is 10.0 Å². The van der Waals surface area contributed by atoms with Gasteiger partial charge in [0.05, 0.1) is 26.8 Å². The van der Waals surface area contributed by atoms with Crippen LogP contribution in [0.5, 0.6) is 0 Å². The number of hydrogen-bond acceptors (Lipinski definition) is 5. The lowest BCUT2D eigenvalue weighted by Gasteiger charge is -2.05. The number of hydrogen-bond donors (Lipinski definition) is 2. The molecule has 0 bridgehead atoms. The zero-order chi connectivity index (χ0) is 14.4. The van der Waals surface area contributed by atoms with E-state index >= 15 is 0 Å². The Morgan fingerprint density at radius 3 is 2.55 bits per heavy atom. The van der Waals surface area contributed by atoms with Crippen molar-refractivity contribution in [1.82, 2.24) is 19.7 Å². The molecule has 6 nitrogen and oxygen atoms in total. The third-order valence-corrected chi connectivity index (χ3v) is 3.63.